The zero-order chi connectivity index (χ0) is 20.8. The van der Waals surface area contributed by atoms with Crippen LogP contribution in [0.1, 0.15) is 22.3 Å². The molecular formula is C22H15ClN2O4. The molecule has 0 bridgehead atoms. The molecule has 3 aromatic rings. The molecule has 0 fully saturated rings. The number of nitrogens with zero attached hydrogens (tertiary/aromatic N) is 2. The van der Waals surface area contributed by atoms with Crippen LogP contribution in [0.15, 0.2) is 72.8 Å². The van der Waals surface area contributed by atoms with E-state index in [1.54, 1.807) is 36.4 Å². The van der Waals surface area contributed by atoms with Gasteiger partial charge in [-0.1, -0.05) is 78.3 Å². The first-order valence-electron chi connectivity index (χ1n) is 8.58. The number of hydrogen-bond donors (Lipinski definition) is 0. The zero-order valence-corrected chi connectivity index (χ0v) is 15.8. The molecule has 0 radical (unpaired) electrons. The normalized spacial score (nSPS) is 11.6. The number of benzene rings is 3. The van der Waals surface area contributed by atoms with Gasteiger partial charge in [0.05, 0.1) is 27.0 Å². The van der Waals surface area contributed by atoms with E-state index in [-0.39, 0.29) is 22.5 Å². The van der Waals surface area contributed by atoms with E-state index in [0.717, 1.165) is 11.6 Å². The van der Waals surface area contributed by atoms with Gasteiger partial charge in [0.15, 0.2) is 0 Å². The minimum atomic E-state index is -0.654. The van der Waals surface area contributed by atoms with Crippen LogP contribution in [0.2, 0.25) is 0 Å². The molecule has 0 aliphatic rings. The third-order valence-corrected chi connectivity index (χ3v) is 4.48. The molecule has 3 rings (SSSR count). The summed E-state index contributed by atoms with van der Waals surface area (Å²) in [4.78, 5) is 21.7. The SMILES string of the molecule is O=[N+]([O-])c1cc([N+](=O)[O-])c(C=C(Cl)c2ccccc2)cc1C=Cc1ccccc1. The molecule has 0 amide bonds. The summed E-state index contributed by atoms with van der Waals surface area (Å²) < 4.78 is 0. The topological polar surface area (TPSA) is 86.3 Å². The van der Waals surface area contributed by atoms with Crippen LogP contribution in [0.3, 0.4) is 0 Å². The van der Waals surface area contributed by atoms with E-state index < -0.39 is 9.85 Å². The van der Waals surface area contributed by atoms with Crippen LogP contribution in [0.5, 0.6) is 0 Å². The Morgan fingerprint density at radius 3 is 1.90 bits per heavy atom. The van der Waals surface area contributed by atoms with E-state index in [4.69, 9.17) is 11.6 Å². The van der Waals surface area contributed by atoms with Gasteiger partial charge in [-0.25, -0.2) is 0 Å². The molecule has 0 aliphatic heterocycles. The van der Waals surface area contributed by atoms with Crippen molar-refractivity contribution in [3.05, 3.63) is 115 Å². The largest absolute Gasteiger partial charge is 0.283 e. The molecule has 0 spiro atoms. The summed E-state index contributed by atoms with van der Waals surface area (Å²) in [6.07, 6.45) is 4.71. The van der Waals surface area contributed by atoms with Gasteiger partial charge in [-0.3, -0.25) is 20.2 Å². The van der Waals surface area contributed by atoms with E-state index in [2.05, 4.69) is 0 Å². The van der Waals surface area contributed by atoms with Crippen LogP contribution < -0.4 is 0 Å². The van der Waals surface area contributed by atoms with Crippen molar-refractivity contribution in [1.29, 1.82) is 0 Å². The summed E-state index contributed by atoms with van der Waals surface area (Å²) in [5.74, 6) is 0. The predicted octanol–water partition coefficient (Wildman–Crippen LogP) is 6.41. The second kappa shape index (κ2) is 8.95. The Kier molecular flexibility index (Phi) is 6.16. The molecule has 0 heterocycles. The van der Waals surface area contributed by atoms with Gasteiger partial charge in [0.25, 0.3) is 11.4 Å². The van der Waals surface area contributed by atoms with Crippen molar-refractivity contribution in [1.82, 2.24) is 0 Å². The highest BCUT2D eigenvalue weighted by molar-refractivity contribution is 6.51. The van der Waals surface area contributed by atoms with Gasteiger partial charge >= 0.3 is 0 Å². The van der Waals surface area contributed by atoms with Gasteiger partial charge in [-0.05, 0) is 29.3 Å². The van der Waals surface area contributed by atoms with Crippen LogP contribution in [-0.4, -0.2) is 9.85 Å². The predicted molar refractivity (Wildman–Crippen MR) is 115 cm³/mol. The lowest BCUT2D eigenvalue weighted by atomic mass is 10.0. The number of nitro benzene ring substituents is 2. The first-order chi connectivity index (χ1) is 14.0. The molecule has 7 heteroatoms. The summed E-state index contributed by atoms with van der Waals surface area (Å²) in [5, 5.41) is 23.3. The minimum Gasteiger partial charge on any atom is -0.258 e. The maximum absolute atomic E-state index is 11.5. The van der Waals surface area contributed by atoms with E-state index in [0.29, 0.717) is 10.6 Å². The summed E-state index contributed by atoms with van der Waals surface area (Å²) in [7, 11) is 0. The van der Waals surface area contributed by atoms with Crippen molar-refractivity contribution >= 4 is 46.2 Å². The van der Waals surface area contributed by atoms with Crippen LogP contribution >= 0.6 is 11.6 Å². The molecule has 6 nitrogen and oxygen atoms in total. The number of halogens is 1. The average Bonchev–Trinajstić information content (AvgIpc) is 2.73. The second-order valence-corrected chi connectivity index (χ2v) is 6.49. The fraction of sp³-hybridized carbons (Fsp3) is 0. The van der Waals surface area contributed by atoms with Gasteiger partial charge < -0.3 is 0 Å². The Morgan fingerprint density at radius 2 is 1.31 bits per heavy atom. The molecule has 29 heavy (non-hydrogen) atoms. The molecule has 0 saturated carbocycles. The van der Waals surface area contributed by atoms with Crippen molar-refractivity contribution in [3.8, 4) is 0 Å². The van der Waals surface area contributed by atoms with Gasteiger partial charge in [0, 0.05) is 5.03 Å². The molecule has 0 aliphatic carbocycles. The molecule has 0 atom stereocenters. The number of hydrogen-bond acceptors (Lipinski definition) is 4. The molecule has 0 aromatic heterocycles. The van der Waals surface area contributed by atoms with Crippen molar-refractivity contribution in [3.63, 3.8) is 0 Å². The lowest BCUT2D eigenvalue weighted by molar-refractivity contribution is -0.394. The monoisotopic (exact) mass is 406 g/mol. The van der Waals surface area contributed by atoms with Crippen molar-refractivity contribution in [2.24, 2.45) is 0 Å². The number of nitro groups is 2. The third-order valence-electron chi connectivity index (χ3n) is 4.16. The highest BCUT2D eigenvalue weighted by Crippen LogP contribution is 2.33. The lowest BCUT2D eigenvalue weighted by Gasteiger charge is -2.04. The van der Waals surface area contributed by atoms with Gasteiger partial charge in [0.2, 0.25) is 0 Å². The highest BCUT2D eigenvalue weighted by atomic mass is 35.5. The van der Waals surface area contributed by atoms with E-state index in [9.17, 15) is 20.2 Å². The smallest absolute Gasteiger partial charge is 0.258 e. The van der Waals surface area contributed by atoms with Gasteiger partial charge in [-0.2, -0.15) is 0 Å². The van der Waals surface area contributed by atoms with Gasteiger partial charge in [0.1, 0.15) is 0 Å². The molecule has 3 aromatic carbocycles. The molecule has 144 valence electrons. The summed E-state index contributed by atoms with van der Waals surface area (Å²) in [5.41, 5.74) is 1.22. The van der Waals surface area contributed by atoms with Crippen LogP contribution in [0.4, 0.5) is 11.4 Å². The van der Waals surface area contributed by atoms with Crippen molar-refractivity contribution < 1.29 is 9.85 Å². The first kappa shape index (κ1) is 20.0. The molecule has 0 saturated heterocycles. The van der Waals surface area contributed by atoms with Gasteiger partial charge in [-0.15, -0.1) is 0 Å². The highest BCUT2D eigenvalue weighted by Gasteiger charge is 2.22. The maximum Gasteiger partial charge on any atom is 0.283 e. The average molecular weight is 407 g/mol. The Bertz CT molecular complexity index is 1110. The van der Waals surface area contributed by atoms with E-state index in [1.165, 1.54) is 12.1 Å². The standard InChI is InChI=1S/C22H15ClN2O4/c23-20(17-9-5-2-6-10-17)14-19-13-18(12-11-16-7-3-1-4-8-16)21(24(26)27)15-22(19)25(28)29/h1-15H. The second-order valence-electron chi connectivity index (χ2n) is 6.09. The molecule has 0 N–H and O–H groups in total. The van der Waals surface area contributed by atoms with Crippen LogP contribution in [0, 0.1) is 20.2 Å². The van der Waals surface area contributed by atoms with E-state index in [1.807, 2.05) is 36.4 Å². The Balaban J connectivity index is 2.13. The summed E-state index contributed by atoms with van der Waals surface area (Å²) in [6.45, 7) is 0. The fourth-order valence-corrected chi connectivity index (χ4v) is 2.99. The third kappa shape index (κ3) is 4.94. The lowest BCUT2D eigenvalue weighted by Crippen LogP contribution is -1.98. The fourth-order valence-electron chi connectivity index (χ4n) is 2.74. The quantitative estimate of drug-likeness (QED) is 0.269. The van der Waals surface area contributed by atoms with E-state index >= 15 is 0 Å². The first-order valence-corrected chi connectivity index (χ1v) is 8.96. The van der Waals surface area contributed by atoms with Crippen LogP contribution in [0.25, 0.3) is 23.3 Å². The summed E-state index contributed by atoms with van der Waals surface area (Å²) in [6, 6.07) is 20.6. The van der Waals surface area contributed by atoms with Crippen molar-refractivity contribution in [2.45, 2.75) is 0 Å². The Hall–Kier alpha value is -3.77. The maximum atomic E-state index is 11.5. The van der Waals surface area contributed by atoms with Crippen molar-refractivity contribution in [2.75, 3.05) is 0 Å². The molecule has 0 unspecified atom stereocenters. The Labute approximate surface area is 171 Å². The molecular weight excluding hydrogens is 392 g/mol. The zero-order valence-electron chi connectivity index (χ0n) is 15.1. The summed E-state index contributed by atoms with van der Waals surface area (Å²) >= 11 is 6.33. The Morgan fingerprint density at radius 1 is 0.759 bits per heavy atom. The van der Waals surface area contributed by atoms with Crippen LogP contribution in [-0.2, 0) is 0 Å². The minimum absolute atomic E-state index is 0.183. The number of rotatable bonds is 6.